The van der Waals surface area contributed by atoms with Crippen LogP contribution >= 0.6 is 35.3 Å². The second-order valence-electron chi connectivity index (χ2n) is 5.13. The zero-order chi connectivity index (χ0) is 14.0. The smallest absolute Gasteiger partial charge is 0.191 e. The molecular weight excluding hydrogens is 397 g/mol. The Balaban J connectivity index is 0.00000220. The van der Waals surface area contributed by atoms with E-state index >= 15 is 0 Å². The van der Waals surface area contributed by atoms with Crippen molar-refractivity contribution in [3.8, 4) is 0 Å². The molecule has 0 aliphatic heterocycles. The summed E-state index contributed by atoms with van der Waals surface area (Å²) < 4.78 is 5.62. The van der Waals surface area contributed by atoms with Crippen molar-refractivity contribution in [2.24, 2.45) is 10.9 Å². The Labute approximate surface area is 148 Å². The Morgan fingerprint density at radius 2 is 2.29 bits per heavy atom. The molecule has 4 nitrogen and oxygen atoms in total. The molecule has 21 heavy (non-hydrogen) atoms. The van der Waals surface area contributed by atoms with Crippen molar-refractivity contribution in [2.45, 2.75) is 32.7 Å². The number of guanidine groups is 1. The molecule has 1 heterocycles. The predicted octanol–water partition coefficient (Wildman–Crippen LogP) is 3.24. The summed E-state index contributed by atoms with van der Waals surface area (Å²) in [4.78, 5) is 4.57. The largest absolute Gasteiger partial charge is 0.381 e. The summed E-state index contributed by atoms with van der Waals surface area (Å²) in [5, 5.41) is 10.8. The van der Waals surface area contributed by atoms with Crippen molar-refractivity contribution in [2.75, 3.05) is 26.3 Å². The summed E-state index contributed by atoms with van der Waals surface area (Å²) in [6, 6.07) is 2.11. The number of halogens is 1. The number of ether oxygens (including phenoxy) is 1. The molecule has 1 saturated carbocycles. The summed E-state index contributed by atoms with van der Waals surface area (Å²) in [5.74, 6) is 1.74. The van der Waals surface area contributed by atoms with E-state index in [1.807, 2.05) is 0 Å². The van der Waals surface area contributed by atoms with Gasteiger partial charge in [-0.05, 0) is 54.5 Å². The van der Waals surface area contributed by atoms with Gasteiger partial charge in [0, 0.05) is 26.3 Å². The SMILES string of the molecule is CCNC(=NCc1ccsc1)NCCCOCC1CC1.I. The lowest BCUT2D eigenvalue weighted by Gasteiger charge is -2.11. The van der Waals surface area contributed by atoms with Gasteiger partial charge in [0.05, 0.1) is 6.54 Å². The molecule has 0 saturated heterocycles. The number of hydrogen-bond acceptors (Lipinski definition) is 3. The maximum Gasteiger partial charge on any atom is 0.191 e. The molecule has 0 aromatic carbocycles. The summed E-state index contributed by atoms with van der Waals surface area (Å²) in [6.07, 6.45) is 3.74. The molecule has 120 valence electrons. The Morgan fingerprint density at radius 3 is 2.95 bits per heavy atom. The van der Waals surface area contributed by atoms with Gasteiger partial charge in [-0.3, -0.25) is 0 Å². The minimum absolute atomic E-state index is 0. The van der Waals surface area contributed by atoms with E-state index in [4.69, 9.17) is 4.74 Å². The first kappa shape index (κ1) is 18.7. The Bertz CT molecular complexity index is 394. The first-order chi connectivity index (χ1) is 9.88. The van der Waals surface area contributed by atoms with Crippen molar-refractivity contribution >= 4 is 41.3 Å². The lowest BCUT2D eigenvalue weighted by Crippen LogP contribution is -2.38. The average molecular weight is 423 g/mol. The van der Waals surface area contributed by atoms with Crippen LogP contribution in [0.3, 0.4) is 0 Å². The molecule has 6 heteroatoms. The summed E-state index contributed by atoms with van der Waals surface area (Å²) in [5.41, 5.74) is 1.26. The van der Waals surface area contributed by atoms with Crippen LogP contribution in [0.1, 0.15) is 31.7 Å². The summed E-state index contributed by atoms with van der Waals surface area (Å²) >= 11 is 1.71. The van der Waals surface area contributed by atoms with Crippen LogP contribution in [-0.2, 0) is 11.3 Å². The van der Waals surface area contributed by atoms with Crippen LogP contribution in [0.25, 0.3) is 0 Å². The van der Waals surface area contributed by atoms with Crippen molar-refractivity contribution in [1.29, 1.82) is 0 Å². The highest BCUT2D eigenvalue weighted by atomic mass is 127. The number of nitrogens with one attached hydrogen (secondary N) is 2. The zero-order valence-corrected chi connectivity index (χ0v) is 15.8. The van der Waals surface area contributed by atoms with E-state index in [-0.39, 0.29) is 24.0 Å². The van der Waals surface area contributed by atoms with Crippen molar-refractivity contribution in [3.05, 3.63) is 22.4 Å². The van der Waals surface area contributed by atoms with Gasteiger partial charge in [0.25, 0.3) is 0 Å². The minimum Gasteiger partial charge on any atom is -0.381 e. The van der Waals surface area contributed by atoms with Crippen molar-refractivity contribution < 1.29 is 4.74 Å². The third kappa shape index (κ3) is 8.63. The molecule has 0 radical (unpaired) electrons. The standard InChI is InChI=1S/C15H25N3OS.HI/c1-2-16-15(18-10-14-6-9-20-12-14)17-7-3-8-19-11-13-4-5-13;/h6,9,12-13H,2-5,7-8,10-11H2,1H3,(H2,16,17,18);1H. The van der Waals surface area contributed by atoms with Crippen LogP contribution < -0.4 is 10.6 Å². The highest BCUT2D eigenvalue weighted by molar-refractivity contribution is 14.0. The van der Waals surface area contributed by atoms with Crippen LogP contribution in [0.2, 0.25) is 0 Å². The van der Waals surface area contributed by atoms with Gasteiger partial charge in [0.15, 0.2) is 5.96 Å². The monoisotopic (exact) mass is 423 g/mol. The van der Waals surface area contributed by atoms with Crippen LogP contribution in [-0.4, -0.2) is 32.3 Å². The molecule has 1 aromatic heterocycles. The Kier molecular flexibility index (Phi) is 10.0. The van der Waals surface area contributed by atoms with E-state index in [0.29, 0.717) is 0 Å². The van der Waals surface area contributed by atoms with Gasteiger partial charge in [0.1, 0.15) is 0 Å². The Hall–Kier alpha value is -0.340. The lowest BCUT2D eigenvalue weighted by molar-refractivity contribution is 0.123. The maximum atomic E-state index is 5.62. The molecule has 1 fully saturated rings. The van der Waals surface area contributed by atoms with Crippen LogP contribution in [0.4, 0.5) is 0 Å². The van der Waals surface area contributed by atoms with Gasteiger partial charge in [-0.25, -0.2) is 4.99 Å². The van der Waals surface area contributed by atoms with E-state index in [1.54, 1.807) is 11.3 Å². The summed E-state index contributed by atoms with van der Waals surface area (Å²) in [7, 11) is 0. The van der Waals surface area contributed by atoms with E-state index < -0.39 is 0 Å². The number of hydrogen-bond donors (Lipinski definition) is 2. The van der Waals surface area contributed by atoms with Crippen molar-refractivity contribution in [1.82, 2.24) is 10.6 Å². The first-order valence-electron chi connectivity index (χ1n) is 7.49. The minimum atomic E-state index is 0. The third-order valence-electron chi connectivity index (χ3n) is 3.15. The molecule has 2 N–H and O–H groups in total. The zero-order valence-electron chi connectivity index (χ0n) is 12.6. The fourth-order valence-electron chi connectivity index (χ4n) is 1.81. The highest BCUT2D eigenvalue weighted by Gasteiger charge is 2.20. The number of rotatable bonds is 9. The molecule has 1 aliphatic rings. The average Bonchev–Trinajstić information content (AvgIpc) is 3.13. The molecule has 0 unspecified atom stereocenters. The van der Waals surface area contributed by atoms with Crippen LogP contribution in [0.5, 0.6) is 0 Å². The molecule has 1 aliphatic carbocycles. The fraction of sp³-hybridized carbons (Fsp3) is 0.667. The van der Waals surface area contributed by atoms with Crippen molar-refractivity contribution in [3.63, 3.8) is 0 Å². The van der Waals surface area contributed by atoms with Gasteiger partial charge in [-0.15, -0.1) is 24.0 Å². The van der Waals surface area contributed by atoms with Gasteiger partial charge < -0.3 is 15.4 Å². The molecule has 0 amide bonds. The second-order valence-corrected chi connectivity index (χ2v) is 5.91. The predicted molar refractivity (Wildman–Crippen MR) is 101 cm³/mol. The fourth-order valence-corrected chi connectivity index (χ4v) is 2.47. The first-order valence-corrected chi connectivity index (χ1v) is 8.43. The van der Waals surface area contributed by atoms with Gasteiger partial charge in [-0.1, -0.05) is 0 Å². The normalized spacial score (nSPS) is 14.6. The van der Waals surface area contributed by atoms with E-state index in [1.165, 1.54) is 18.4 Å². The van der Waals surface area contributed by atoms with Crippen LogP contribution in [0.15, 0.2) is 21.8 Å². The molecule has 0 spiro atoms. The van der Waals surface area contributed by atoms with E-state index in [0.717, 1.165) is 51.1 Å². The summed E-state index contributed by atoms with van der Waals surface area (Å²) in [6.45, 7) is 6.39. The Morgan fingerprint density at radius 1 is 1.43 bits per heavy atom. The lowest BCUT2D eigenvalue weighted by atomic mass is 10.3. The number of nitrogens with zero attached hydrogens (tertiary/aromatic N) is 1. The van der Waals surface area contributed by atoms with E-state index in [2.05, 4.69) is 39.4 Å². The molecule has 0 bridgehead atoms. The maximum absolute atomic E-state index is 5.62. The molecular formula is C15H26IN3OS. The quantitative estimate of drug-likeness (QED) is 0.278. The van der Waals surface area contributed by atoms with Crippen LogP contribution in [0, 0.1) is 5.92 Å². The molecule has 2 rings (SSSR count). The number of thiophene rings is 1. The highest BCUT2D eigenvalue weighted by Crippen LogP contribution is 2.28. The second kappa shape index (κ2) is 11.3. The third-order valence-corrected chi connectivity index (χ3v) is 3.88. The molecule has 1 aromatic rings. The number of aliphatic imine (C=N–C) groups is 1. The van der Waals surface area contributed by atoms with Gasteiger partial charge >= 0.3 is 0 Å². The van der Waals surface area contributed by atoms with Gasteiger partial charge in [-0.2, -0.15) is 11.3 Å². The van der Waals surface area contributed by atoms with E-state index in [9.17, 15) is 0 Å². The van der Waals surface area contributed by atoms with Gasteiger partial charge in [0.2, 0.25) is 0 Å². The topological polar surface area (TPSA) is 45.7 Å². The molecule has 0 atom stereocenters.